The van der Waals surface area contributed by atoms with E-state index >= 15 is 0 Å². The Bertz CT molecular complexity index is 665. The quantitative estimate of drug-likeness (QED) is 0.650. The summed E-state index contributed by atoms with van der Waals surface area (Å²) in [6, 6.07) is 17.1. The average molecular weight is 297 g/mol. The summed E-state index contributed by atoms with van der Waals surface area (Å²) in [7, 11) is 1.61. The van der Waals surface area contributed by atoms with Crippen LogP contribution in [-0.4, -0.2) is 19.0 Å². The van der Waals surface area contributed by atoms with E-state index in [0.29, 0.717) is 6.42 Å². The first kappa shape index (κ1) is 15.6. The number of guanidine groups is 1. The van der Waals surface area contributed by atoms with Crippen molar-refractivity contribution in [3.05, 3.63) is 65.7 Å². The van der Waals surface area contributed by atoms with Gasteiger partial charge in [-0.05, 0) is 29.7 Å². The topological polar surface area (TPSA) is 90.7 Å². The van der Waals surface area contributed by atoms with Gasteiger partial charge in [0.2, 0.25) is 0 Å². The molecule has 0 bridgehead atoms. The van der Waals surface area contributed by atoms with Crippen molar-refractivity contribution >= 4 is 11.9 Å². The lowest BCUT2D eigenvalue weighted by Crippen LogP contribution is -2.26. The van der Waals surface area contributed by atoms with Gasteiger partial charge in [-0.15, -0.1) is 0 Å². The highest BCUT2D eigenvalue weighted by Crippen LogP contribution is 2.24. The summed E-state index contributed by atoms with van der Waals surface area (Å²) in [5.74, 6) is -0.264. The van der Waals surface area contributed by atoms with Crippen molar-refractivity contribution in [2.45, 2.75) is 12.3 Å². The minimum absolute atomic E-state index is 0.225. The van der Waals surface area contributed by atoms with Gasteiger partial charge in [0, 0.05) is 0 Å². The van der Waals surface area contributed by atoms with E-state index in [4.69, 9.17) is 16.2 Å². The molecule has 0 aromatic heterocycles. The van der Waals surface area contributed by atoms with Gasteiger partial charge in [-0.25, -0.2) is 0 Å². The SMILES string of the molecule is COc1cccc(C[C@H](C(=O)N=C(N)N)c2ccccc2)c1. The standard InChI is InChI=1S/C17H19N3O2/c1-22-14-9-5-6-12(10-14)11-15(16(21)20-17(18)19)13-7-3-2-4-8-13/h2-10,15H,11H2,1H3,(H4,18,19,20,21)/t15-/m0/s1. The highest BCUT2D eigenvalue weighted by molar-refractivity contribution is 5.95. The van der Waals surface area contributed by atoms with Crippen molar-refractivity contribution in [1.29, 1.82) is 0 Å². The number of nitrogens with two attached hydrogens (primary N) is 2. The summed E-state index contributed by atoms with van der Waals surface area (Å²) in [5.41, 5.74) is 12.5. The minimum Gasteiger partial charge on any atom is -0.497 e. The van der Waals surface area contributed by atoms with Crippen LogP contribution in [-0.2, 0) is 11.2 Å². The molecule has 1 amide bonds. The Hall–Kier alpha value is -2.82. The van der Waals surface area contributed by atoms with E-state index in [-0.39, 0.29) is 11.9 Å². The number of carbonyl (C=O) groups excluding carboxylic acids is 1. The third-order valence-electron chi connectivity index (χ3n) is 3.31. The van der Waals surface area contributed by atoms with Crippen molar-refractivity contribution in [2.24, 2.45) is 16.5 Å². The zero-order valence-electron chi connectivity index (χ0n) is 12.4. The highest BCUT2D eigenvalue weighted by Gasteiger charge is 2.21. The lowest BCUT2D eigenvalue weighted by atomic mass is 9.91. The monoisotopic (exact) mass is 297 g/mol. The molecule has 0 saturated heterocycles. The molecule has 0 saturated carbocycles. The molecule has 0 unspecified atom stereocenters. The van der Waals surface area contributed by atoms with Gasteiger partial charge in [-0.3, -0.25) is 4.79 Å². The summed E-state index contributed by atoms with van der Waals surface area (Å²) >= 11 is 0. The minimum atomic E-state index is -0.435. The number of carbonyl (C=O) groups is 1. The number of rotatable bonds is 5. The zero-order chi connectivity index (χ0) is 15.9. The van der Waals surface area contributed by atoms with Gasteiger partial charge in [0.1, 0.15) is 5.75 Å². The van der Waals surface area contributed by atoms with Crippen molar-refractivity contribution in [1.82, 2.24) is 0 Å². The van der Waals surface area contributed by atoms with Gasteiger partial charge in [0.15, 0.2) is 5.96 Å². The Kier molecular flexibility index (Phi) is 5.14. The second kappa shape index (κ2) is 7.26. The second-order valence-corrected chi connectivity index (χ2v) is 4.89. The third-order valence-corrected chi connectivity index (χ3v) is 3.31. The Morgan fingerprint density at radius 1 is 1.14 bits per heavy atom. The maximum Gasteiger partial charge on any atom is 0.256 e. The Morgan fingerprint density at radius 2 is 1.86 bits per heavy atom. The number of nitrogens with zero attached hydrogens (tertiary/aromatic N) is 1. The van der Waals surface area contributed by atoms with Gasteiger partial charge in [-0.1, -0.05) is 42.5 Å². The van der Waals surface area contributed by atoms with E-state index in [1.165, 1.54) is 0 Å². The number of amides is 1. The molecular formula is C17H19N3O2. The molecule has 0 spiro atoms. The van der Waals surface area contributed by atoms with Gasteiger partial charge in [-0.2, -0.15) is 4.99 Å². The van der Waals surface area contributed by atoms with Crippen LogP contribution in [0, 0.1) is 0 Å². The van der Waals surface area contributed by atoms with Crippen molar-refractivity contribution < 1.29 is 9.53 Å². The molecule has 22 heavy (non-hydrogen) atoms. The molecule has 0 radical (unpaired) electrons. The van der Waals surface area contributed by atoms with E-state index in [0.717, 1.165) is 16.9 Å². The largest absolute Gasteiger partial charge is 0.497 e. The molecule has 0 fully saturated rings. The fourth-order valence-corrected chi connectivity index (χ4v) is 2.27. The molecular weight excluding hydrogens is 278 g/mol. The number of hydrogen-bond acceptors (Lipinski definition) is 2. The average Bonchev–Trinajstić information content (AvgIpc) is 2.53. The molecule has 0 aliphatic carbocycles. The van der Waals surface area contributed by atoms with Gasteiger partial charge < -0.3 is 16.2 Å². The fraction of sp³-hybridized carbons (Fsp3) is 0.176. The van der Waals surface area contributed by atoms with Crippen LogP contribution in [0.3, 0.4) is 0 Å². The normalized spacial score (nSPS) is 11.5. The van der Waals surface area contributed by atoms with E-state index in [1.807, 2.05) is 54.6 Å². The van der Waals surface area contributed by atoms with Gasteiger partial charge in [0.25, 0.3) is 5.91 Å². The Morgan fingerprint density at radius 3 is 2.50 bits per heavy atom. The summed E-state index contributed by atoms with van der Waals surface area (Å²) < 4.78 is 5.21. The molecule has 1 atom stereocenters. The summed E-state index contributed by atoms with van der Waals surface area (Å²) in [6.07, 6.45) is 0.497. The summed E-state index contributed by atoms with van der Waals surface area (Å²) in [6.45, 7) is 0. The third kappa shape index (κ3) is 4.09. The van der Waals surface area contributed by atoms with Crippen LogP contribution in [0.25, 0.3) is 0 Å². The molecule has 4 N–H and O–H groups in total. The molecule has 2 aromatic rings. The van der Waals surface area contributed by atoms with Crippen LogP contribution in [0.4, 0.5) is 0 Å². The number of ether oxygens (including phenoxy) is 1. The van der Waals surface area contributed by atoms with Crippen LogP contribution >= 0.6 is 0 Å². The van der Waals surface area contributed by atoms with Crippen molar-refractivity contribution in [3.63, 3.8) is 0 Å². The first-order valence-electron chi connectivity index (χ1n) is 6.91. The van der Waals surface area contributed by atoms with Crippen molar-refractivity contribution in [2.75, 3.05) is 7.11 Å². The van der Waals surface area contributed by atoms with E-state index in [1.54, 1.807) is 7.11 Å². The van der Waals surface area contributed by atoms with Crippen molar-refractivity contribution in [3.8, 4) is 5.75 Å². The molecule has 5 nitrogen and oxygen atoms in total. The molecule has 5 heteroatoms. The Labute approximate surface area is 129 Å². The van der Waals surface area contributed by atoms with E-state index in [2.05, 4.69) is 4.99 Å². The highest BCUT2D eigenvalue weighted by atomic mass is 16.5. The molecule has 114 valence electrons. The van der Waals surface area contributed by atoms with E-state index in [9.17, 15) is 4.79 Å². The maximum absolute atomic E-state index is 12.3. The Balaban J connectivity index is 2.32. The molecule has 0 heterocycles. The van der Waals surface area contributed by atoms with Crippen LogP contribution in [0.5, 0.6) is 5.75 Å². The first-order valence-corrected chi connectivity index (χ1v) is 6.91. The van der Waals surface area contributed by atoms with E-state index < -0.39 is 5.92 Å². The van der Waals surface area contributed by atoms with Gasteiger partial charge >= 0.3 is 0 Å². The lowest BCUT2D eigenvalue weighted by Gasteiger charge is -2.14. The van der Waals surface area contributed by atoms with Crippen LogP contribution in [0.1, 0.15) is 17.0 Å². The number of benzene rings is 2. The predicted molar refractivity (Wildman–Crippen MR) is 86.7 cm³/mol. The molecule has 0 aliphatic heterocycles. The number of methoxy groups -OCH3 is 1. The van der Waals surface area contributed by atoms with Crippen LogP contribution in [0.15, 0.2) is 59.6 Å². The lowest BCUT2D eigenvalue weighted by molar-refractivity contribution is -0.119. The number of aliphatic imine (C=N–C) groups is 1. The molecule has 2 rings (SSSR count). The van der Waals surface area contributed by atoms with Gasteiger partial charge in [0.05, 0.1) is 13.0 Å². The predicted octanol–water partition coefficient (Wildman–Crippen LogP) is 1.82. The second-order valence-electron chi connectivity index (χ2n) is 4.89. The fourth-order valence-electron chi connectivity index (χ4n) is 2.27. The van der Waals surface area contributed by atoms with Crippen LogP contribution in [0.2, 0.25) is 0 Å². The van der Waals surface area contributed by atoms with Crippen LogP contribution < -0.4 is 16.2 Å². The molecule has 2 aromatic carbocycles. The zero-order valence-corrected chi connectivity index (χ0v) is 12.4. The maximum atomic E-state index is 12.3. The smallest absolute Gasteiger partial charge is 0.256 e. The summed E-state index contributed by atoms with van der Waals surface area (Å²) in [5, 5.41) is 0. The molecule has 0 aliphatic rings. The summed E-state index contributed by atoms with van der Waals surface area (Å²) in [4.78, 5) is 16.0. The number of hydrogen-bond donors (Lipinski definition) is 2. The first-order chi connectivity index (χ1) is 10.6.